The fourth-order valence-corrected chi connectivity index (χ4v) is 2.43. The van der Waals surface area contributed by atoms with Crippen LogP contribution in [0.15, 0.2) is 43.5 Å². The molecule has 1 heterocycles. The van der Waals surface area contributed by atoms with E-state index in [-0.39, 0.29) is 18.3 Å². The second kappa shape index (κ2) is 7.75. The summed E-state index contributed by atoms with van der Waals surface area (Å²) in [5.74, 6) is 0.0559. The first-order valence-electron chi connectivity index (χ1n) is 6.64. The lowest BCUT2D eigenvalue weighted by atomic mass is 9.97. The fraction of sp³-hybridized carbons (Fsp3) is 0.312. The van der Waals surface area contributed by atoms with Gasteiger partial charge in [0.15, 0.2) is 0 Å². The molecule has 1 aromatic carbocycles. The minimum absolute atomic E-state index is 0. The van der Waals surface area contributed by atoms with E-state index >= 15 is 0 Å². The number of carbonyl (C=O) groups is 1. The fourth-order valence-electron chi connectivity index (χ4n) is 2.43. The number of anilines is 1. The monoisotopic (exact) mass is 292 g/mol. The highest BCUT2D eigenvalue weighted by molar-refractivity contribution is 5.97. The van der Waals surface area contributed by atoms with Crippen LogP contribution in [0.25, 0.3) is 0 Å². The molecule has 1 N–H and O–H groups in total. The molecule has 108 valence electrons. The van der Waals surface area contributed by atoms with Crippen molar-refractivity contribution in [2.45, 2.75) is 12.8 Å². The molecule has 1 amide bonds. The summed E-state index contributed by atoms with van der Waals surface area (Å²) in [5.41, 5.74) is 3.03. The molecular weight excluding hydrogens is 272 g/mol. The van der Waals surface area contributed by atoms with Gasteiger partial charge in [0.05, 0.1) is 0 Å². The molecule has 0 saturated heterocycles. The summed E-state index contributed by atoms with van der Waals surface area (Å²) < 4.78 is 0. The molecule has 0 radical (unpaired) electrons. The molecule has 0 atom stereocenters. The van der Waals surface area contributed by atoms with Crippen LogP contribution in [0, 0.1) is 0 Å². The van der Waals surface area contributed by atoms with Gasteiger partial charge < -0.3 is 10.2 Å². The Bertz CT molecular complexity index is 489. The maximum Gasteiger partial charge on any atom is 0.254 e. The molecule has 2 rings (SSSR count). The Morgan fingerprint density at radius 3 is 2.65 bits per heavy atom. The van der Waals surface area contributed by atoms with Crippen molar-refractivity contribution in [3.05, 3.63) is 54.6 Å². The lowest BCUT2D eigenvalue weighted by Crippen LogP contribution is -2.32. The molecule has 0 aliphatic carbocycles. The van der Waals surface area contributed by atoms with Gasteiger partial charge in [0, 0.05) is 30.9 Å². The van der Waals surface area contributed by atoms with Crippen LogP contribution in [0.1, 0.15) is 22.3 Å². The van der Waals surface area contributed by atoms with Crippen molar-refractivity contribution in [3.8, 4) is 0 Å². The molecule has 1 aromatic rings. The van der Waals surface area contributed by atoms with E-state index in [1.54, 1.807) is 17.1 Å². The zero-order valence-corrected chi connectivity index (χ0v) is 12.4. The molecule has 0 unspecified atom stereocenters. The third-order valence-corrected chi connectivity index (χ3v) is 3.31. The molecule has 20 heavy (non-hydrogen) atoms. The predicted octanol–water partition coefficient (Wildman–Crippen LogP) is 3.28. The standard InChI is InChI=1S/C16H20N2O.ClH/c1-3-11-18(12-4-2)16(19)14-7-5-9-15-13(14)8-6-10-17-15;/h3-5,7,9,17H,1-2,6,8,10-12H2;1H. The zero-order valence-electron chi connectivity index (χ0n) is 11.6. The summed E-state index contributed by atoms with van der Waals surface area (Å²) in [6.45, 7) is 9.48. The summed E-state index contributed by atoms with van der Waals surface area (Å²) in [5, 5.41) is 3.35. The average Bonchev–Trinajstić information content (AvgIpc) is 2.46. The number of nitrogens with one attached hydrogen (secondary N) is 1. The first-order valence-corrected chi connectivity index (χ1v) is 6.64. The van der Waals surface area contributed by atoms with Crippen LogP contribution in [0.3, 0.4) is 0 Å². The highest BCUT2D eigenvalue weighted by atomic mass is 35.5. The Morgan fingerprint density at radius 1 is 1.30 bits per heavy atom. The molecule has 0 spiro atoms. The van der Waals surface area contributed by atoms with E-state index in [2.05, 4.69) is 18.5 Å². The highest BCUT2D eigenvalue weighted by Gasteiger charge is 2.20. The number of halogens is 1. The van der Waals surface area contributed by atoms with Crippen LogP contribution in [0.2, 0.25) is 0 Å². The van der Waals surface area contributed by atoms with E-state index < -0.39 is 0 Å². The summed E-state index contributed by atoms with van der Waals surface area (Å²) in [7, 11) is 0. The van der Waals surface area contributed by atoms with Crippen molar-refractivity contribution in [1.29, 1.82) is 0 Å². The van der Waals surface area contributed by atoms with Crippen LogP contribution in [-0.2, 0) is 6.42 Å². The van der Waals surface area contributed by atoms with E-state index in [4.69, 9.17) is 0 Å². The summed E-state index contributed by atoms with van der Waals surface area (Å²) in [6.07, 6.45) is 5.52. The molecule has 0 bridgehead atoms. The molecule has 4 heteroatoms. The third-order valence-electron chi connectivity index (χ3n) is 3.31. The van der Waals surface area contributed by atoms with Gasteiger partial charge in [-0.2, -0.15) is 0 Å². The summed E-state index contributed by atoms with van der Waals surface area (Å²) >= 11 is 0. The maximum atomic E-state index is 12.6. The Hall–Kier alpha value is -1.74. The quantitative estimate of drug-likeness (QED) is 0.845. The number of rotatable bonds is 5. The molecule has 1 aliphatic heterocycles. The van der Waals surface area contributed by atoms with Gasteiger partial charge in [0.25, 0.3) is 5.91 Å². The van der Waals surface area contributed by atoms with Crippen molar-refractivity contribution in [2.24, 2.45) is 0 Å². The largest absolute Gasteiger partial charge is 0.385 e. The molecular formula is C16H21ClN2O. The van der Waals surface area contributed by atoms with Gasteiger partial charge in [0.1, 0.15) is 0 Å². The SMILES string of the molecule is C=CCN(CC=C)C(=O)c1cccc2c1CCCN2.Cl. The number of hydrogen-bond donors (Lipinski definition) is 1. The van der Waals surface area contributed by atoms with Crippen molar-refractivity contribution >= 4 is 24.0 Å². The third kappa shape index (κ3) is 3.42. The molecule has 0 fully saturated rings. The Morgan fingerprint density at radius 2 is 2.00 bits per heavy atom. The lowest BCUT2D eigenvalue weighted by Gasteiger charge is -2.24. The molecule has 3 nitrogen and oxygen atoms in total. The van der Waals surface area contributed by atoms with Gasteiger partial charge in [-0.3, -0.25) is 4.79 Å². The van der Waals surface area contributed by atoms with E-state index in [0.29, 0.717) is 13.1 Å². The van der Waals surface area contributed by atoms with Crippen molar-refractivity contribution in [3.63, 3.8) is 0 Å². The van der Waals surface area contributed by atoms with Gasteiger partial charge >= 0.3 is 0 Å². The predicted molar refractivity (Wildman–Crippen MR) is 86.8 cm³/mol. The first-order chi connectivity index (χ1) is 9.27. The van der Waals surface area contributed by atoms with Gasteiger partial charge in [-0.25, -0.2) is 0 Å². The molecule has 1 aliphatic rings. The van der Waals surface area contributed by atoms with Crippen molar-refractivity contribution in [2.75, 3.05) is 25.0 Å². The minimum Gasteiger partial charge on any atom is -0.385 e. The van der Waals surface area contributed by atoms with Gasteiger partial charge in [-0.1, -0.05) is 18.2 Å². The van der Waals surface area contributed by atoms with E-state index in [1.165, 1.54) is 0 Å². The topological polar surface area (TPSA) is 32.3 Å². The molecule has 0 saturated carbocycles. The minimum atomic E-state index is 0. The van der Waals surface area contributed by atoms with Gasteiger partial charge in [-0.15, -0.1) is 25.6 Å². The zero-order chi connectivity index (χ0) is 13.7. The number of fused-ring (bicyclic) bond motifs is 1. The van der Waals surface area contributed by atoms with Crippen LogP contribution in [0.5, 0.6) is 0 Å². The van der Waals surface area contributed by atoms with Gasteiger partial charge in [-0.05, 0) is 30.5 Å². The number of nitrogens with zero attached hydrogens (tertiary/aromatic N) is 1. The number of hydrogen-bond acceptors (Lipinski definition) is 2. The van der Waals surface area contributed by atoms with Gasteiger partial charge in [0.2, 0.25) is 0 Å². The van der Waals surface area contributed by atoms with E-state index in [1.807, 2.05) is 18.2 Å². The molecule has 0 aromatic heterocycles. The maximum absolute atomic E-state index is 12.6. The van der Waals surface area contributed by atoms with Crippen molar-refractivity contribution < 1.29 is 4.79 Å². The number of amides is 1. The van der Waals surface area contributed by atoms with Crippen LogP contribution >= 0.6 is 12.4 Å². The summed E-state index contributed by atoms with van der Waals surface area (Å²) in [6, 6.07) is 5.88. The van der Waals surface area contributed by atoms with Crippen molar-refractivity contribution in [1.82, 2.24) is 4.90 Å². The highest BCUT2D eigenvalue weighted by Crippen LogP contribution is 2.26. The van der Waals surface area contributed by atoms with E-state index in [9.17, 15) is 4.79 Å². The van der Waals surface area contributed by atoms with Crippen LogP contribution in [0.4, 0.5) is 5.69 Å². The van der Waals surface area contributed by atoms with Crippen LogP contribution < -0.4 is 5.32 Å². The normalized spacial score (nSPS) is 12.4. The second-order valence-corrected chi connectivity index (χ2v) is 4.65. The average molecular weight is 293 g/mol. The smallest absolute Gasteiger partial charge is 0.254 e. The Balaban J connectivity index is 0.00000200. The Labute approximate surface area is 126 Å². The first kappa shape index (κ1) is 16.3. The second-order valence-electron chi connectivity index (χ2n) is 4.65. The van der Waals surface area contributed by atoms with E-state index in [0.717, 1.165) is 36.2 Å². The van der Waals surface area contributed by atoms with Crippen LogP contribution in [-0.4, -0.2) is 30.4 Å². The summed E-state index contributed by atoms with van der Waals surface area (Å²) in [4.78, 5) is 14.4. The number of benzene rings is 1. The lowest BCUT2D eigenvalue weighted by molar-refractivity contribution is 0.0789. The Kier molecular flexibility index (Phi) is 6.32. The number of carbonyl (C=O) groups excluding carboxylic acids is 1.